The lowest BCUT2D eigenvalue weighted by Gasteiger charge is -2.34. The summed E-state index contributed by atoms with van der Waals surface area (Å²) in [5, 5.41) is 8.89. The predicted molar refractivity (Wildman–Crippen MR) is 86.1 cm³/mol. The van der Waals surface area contributed by atoms with Crippen LogP contribution in [0.4, 0.5) is 5.13 Å². The van der Waals surface area contributed by atoms with Gasteiger partial charge < -0.3 is 10.1 Å². The van der Waals surface area contributed by atoms with Gasteiger partial charge in [-0.15, -0.1) is 0 Å². The summed E-state index contributed by atoms with van der Waals surface area (Å²) in [6, 6.07) is 0.542. The Kier molecular flexibility index (Phi) is 4.42. The molecule has 0 bridgehead atoms. The van der Waals surface area contributed by atoms with Crippen LogP contribution in [0.3, 0.4) is 0 Å². The van der Waals surface area contributed by atoms with Crippen molar-refractivity contribution in [2.45, 2.75) is 26.3 Å². The Morgan fingerprint density at radius 3 is 2.81 bits per heavy atom. The van der Waals surface area contributed by atoms with Gasteiger partial charge in [0.2, 0.25) is 0 Å². The number of hydrogen-bond donors (Lipinski definition) is 1. The minimum absolute atomic E-state index is 0.542. The van der Waals surface area contributed by atoms with Gasteiger partial charge in [0.1, 0.15) is 0 Å². The van der Waals surface area contributed by atoms with Crippen LogP contribution < -0.4 is 5.32 Å². The van der Waals surface area contributed by atoms with E-state index in [2.05, 4.69) is 27.2 Å². The molecule has 0 aromatic carbocycles. The van der Waals surface area contributed by atoms with Crippen molar-refractivity contribution in [2.24, 2.45) is 7.05 Å². The number of aryl methyl sites for hydroxylation is 2. The third-order valence-corrected chi connectivity index (χ3v) is 5.18. The molecule has 0 aliphatic carbocycles. The van der Waals surface area contributed by atoms with Crippen molar-refractivity contribution in [3.63, 3.8) is 0 Å². The standard InChI is InChI=1S/C14H23N5OS/c1-4-11(19-5-7-20-8-6-19)9-15-14-16-13-12(21-14)10(2)17-18(13)3/h11H,4-9H2,1-3H3,(H,15,16)/t11-/m1/s1. The van der Waals surface area contributed by atoms with Crippen LogP contribution >= 0.6 is 11.3 Å². The Morgan fingerprint density at radius 2 is 2.14 bits per heavy atom. The summed E-state index contributed by atoms with van der Waals surface area (Å²) >= 11 is 1.70. The minimum atomic E-state index is 0.542. The van der Waals surface area contributed by atoms with Gasteiger partial charge in [0.15, 0.2) is 10.8 Å². The van der Waals surface area contributed by atoms with Crippen molar-refractivity contribution in [3.05, 3.63) is 5.69 Å². The van der Waals surface area contributed by atoms with Crippen molar-refractivity contribution in [1.29, 1.82) is 0 Å². The third kappa shape index (κ3) is 3.04. The Labute approximate surface area is 129 Å². The van der Waals surface area contributed by atoms with Gasteiger partial charge in [-0.3, -0.25) is 4.90 Å². The SMILES string of the molecule is CC[C@H](CNc1nc2c(s1)c(C)nn2C)N1CCOCC1. The number of hydrogen-bond acceptors (Lipinski definition) is 6. The highest BCUT2D eigenvalue weighted by molar-refractivity contribution is 7.22. The second-order valence-corrected chi connectivity index (χ2v) is 6.47. The Bertz CT molecular complexity index is 567. The summed E-state index contributed by atoms with van der Waals surface area (Å²) in [6.45, 7) is 8.97. The van der Waals surface area contributed by atoms with Crippen LogP contribution in [0.5, 0.6) is 0 Å². The van der Waals surface area contributed by atoms with E-state index in [1.165, 1.54) is 4.70 Å². The summed E-state index contributed by atoms with van der Waals surface area (Å²) in [5.74, 6) is 0. The second-order valence-electron chi connectivity index (χ2n) is 5.47. The first-order chi connectivity index (χ1) is 10.2. The summed E-state index contributed by atoms with van der Waals surface area (Å²) < 4.78 is 8.46. The first-order valence-electron chi connectivity index (χ1n) is 7.55. The van der Waals surface area contributed by atoms with Crippen LogP contribution in [0.25, 0.3) is 10.3 Å². The van der Waals surface area contributed by atoms with Gasteiger partial charge in [0, 0.05) is 32.7 Å². The van der Waals surface area contributed by atoms with E-state index in [0.717, 1.165) is 55.7 Å². The van der Waals surface area contributed by atoms with Crippen molar-refractivity contribution < 1.29 is 4.74 Å². The lowest BCUT2D eigenvalue weighted by molar-refractivity contribution is 0.0184. The maximum atomic E-state index is 5.43. The van der Waals surface area contributed by atoms with E-state index >= 15 is 0 Å². The molecule has 0 radical (unpaired) electrons. The molecule has 1 atom stereocenters. The van der Waals surface area contributed by atoms with Crippen LogP contribution in [0, 0.1) is 6.92 Å². The molecule has 2 aromatic heterocycles. The molecular weight excluding hydrogens is 286 g/mol. The molecule has 1 N–H and O–H groups in total. The molecule has 1 aliphatic rings. The molecule has 2 aromatic rings. The van der Waals surface area contributed by atoms with Crippen LogP contribution in [0.15, 0.2) is 0 Å². The van der Waals surface area contributed by atoms with Crippen LogP contribution in [-0.2, 0) is 11.8 Å². The zero-order chi connectivity index (χ0) is 14.8. The van der Waals surface area contributed by atoms with Crippen molar-refractivity contribution in [1.82, 2.24) is 19.7 Å². The quantitative estimate of drug-likeness (QED) is 0.913. The number of morpholine rings is 1. The summed E-state index contributed by atoms with van der Waals surface area (Å²) in [6.07, 6.45) is 1.14. The largest absolute Gasteiger partial charge is 0.379 e. The Hall–Kier alpha value is -1.18. The number of nitrogens with one attached hydrogen (secondary N) is 1. The molecule has 3 heterocycles. The van der Waals surface area contributed by atoms with E-state index in [1.54, 1.807) is 11.3 Å². The zero-order valence-corrected chi connectivity index (χ0v) is 13.7. The van der Waals surface area contributed by atoms with Gasteiger partial charge in [-0.25, -0.2) is 9.67 Å². The van der Waals surface area contributed by atoms with Crippen LogP contribution in [0.1, 0.15) is 19.0 Å². The molecular formula is C14H23N5OS. The molecule has 0 unspecified atom stereocenters. The average Bonchev–Trinajstić information content (AvgIpc) is 3.03. The van der Waals surface area contributed by atoms with E-state index in [1.807, 2.05) is 18.7 Å². The summed E-state index contributed by atoms with van der Waals surface area (Å²) in [7, 11) is 1.95. The molecule has 1 fully saturated rings. The second kappa shape index (κ2) is 6.29. The lowest BCUT2D eigenvalue weighted by Crippen LogP contribution is -2.46. The lowest BCUT2D eigenvalue weighted by atomic mass is 10.2. The Morgan fingerprint density at radius 1 is 1.38 bits per heavy atom. The van der Waals surface area contributed by atoms with Gasteiger partial charge in [0.05, 0.1) is 23.6 Å². The number of ether oxygens (including phenoxy) is 1. The molecule has 3 rings (SSSR count). The fourth-order valence-electron chi connectivity index (χ4n) is 2.84. The molecule has 21 heavy (non-hydrogen) atoms. The number of nitrogens with zero attached hydrogens (tertiary/aromatic N) is 4. The fourth-order valence-corrected chi connectivity index (χ4v) is 3.78. The number of anilines is 1. The van der Waals surface area contributed by atoms with Crippen LogP contribution in [-0.4, -0.2) is 58.6 Å². The summed E-state index contributed by atoms with van der Waals surface area (Å²) in [4.78, 5) is 7.16. The predicted octanol–water partition coefficient (Wildman–Crippen LogP) is 1.86. The van der Waals surface area contributed by atoms with Crippen LogP contribution in [0.2, 0.25) is 0 Å². The van der Waals surface area contributed by atoms with E-state index in [4.69, 9.17) is 4.74 Å². The van der Waals surface area contributed by atoms with Gasteiger partial charge in [-0.1, -0.05) is 18.3 Å². The maximum Gasteiger partial charge on any atom is 0.185 e. The molecule has 7 heteroatoms. The van der Waals surface area contributed by atoms with Gasteiger partial charge in [-0.05, 0) is 13.3 Å². The monoisotopic (exact) mass is 309 g/mol. The average molecular weight is 309 g/mol. The number of fused-ring (bicyclic) bond motifs is 1. The van der Waals surface area contributed by atoms with Gasteiger partial charge >= 0.3 is 0 Å². The van der Waals surface area contributed by atoms with Crippen molar-refractivity contribution in [3.8, 4) is 0 Å². The van der Waals surface area contributed by atoms with Gasteiger partial charge in [0.25, 0.3) is 0 Å². The zero-order valence-electron chi connectivity index (χ0n) is 12.9. The fraction of sp³-hybridized carbons (Fsp3) is 0.714. The first kappa shape index (κ1) is 14.7. The molecule has 0 spiro atoms. The maximum absolute atomic E-state index is 5.43. The molecule has 6 nitrogen and oxygen atoms in total. The molecule has 1 aliphatic heterocycles. The molecule has 0 amide bonds. The normalized spacial score (nSPS) is 18.2. The minimum Gasteiger partial charge on any atom is -0.379 e. The summed E-state index contributed by atoms with van der Waals surface area (Å²) in [5.41, 5.74) is 2.03. The van der Waals surface area contributed by atoms with E-state index < -0.39 is 0 Å². The molecule has 1 saturated heterocycles. The Balaban J connectivity index is 1.65. The van der Waals surface area contributed by atoms with Crippen molar-refractivity contribution >= 4 is 26.8 Å². The number of aromatic nitrogens is 3. The third-order valence-electron chi connectivity index (χ3n) is 4.07. The van der Waals surface area contributed by atoms with Gasteiger partial charge in [-0.2, -0.15) is 5.10 Å². The van der Waals surface area contributed by atoms with E-state index in [0.29, 0.717) is 6.04 Å². The molecule has 0 saturated carbocycles. The smallest absolute Gasteiger partial charge is 0.185 e. The van der Waals surface area contributed by atoms with E-state index in [-0.39, 0.29) is 0 Å². The topological polar surface area (TPSA) is 55.2 Å². The first-order valence-corrected chi connectivity index (χ1v) is 8.36. The molecule has 116 valence electrons. The van der Waals surface area contributed by atoms with E-state index in [9.17, 15) is 0 Å². The van der Waals surface area contributed by atoms with Crippen molar-refractivity contribution in [2.75, 3.05) is 38.2 Å². The number of thiazole rings is 1. The highest BCUT2D eigenvalue weighted by atomic mass is 32.1. The highest BCUT2D eigenvalue weighted by Crippen LogP contribution is 2.28. The highest BCUT2D eigenvalue weighted by Gasteiger charge is 2.20. The number of rotatable bonds is 5.